The number of aliphatic hydroxyl groups excluding tert-OH is 1. The highest BCUT2D eigenvalue weighted by Crippen LogP contribution is 2.42. The van der Waals surface area contributed by atoms with Crippen LogP contribution in [0.5, 0.6) is 5.75 Å². The molecule has 1 amide bonds. The summed E-state index contributed by atoms with van der Waals surface area (Å²) in [5.41, 5.74) is 12.4. The van der Waals surface area contributed by atoms with Crippen molar-refractivity contribution in [2.75, 3.05) is 31.8 Å². The Kier molecular flexibility index (Phi) is 8.64. The maximum absolute atomic E-state index is 12.9. The SMILES string of the molecule is COc1cc2nc(C)nc(N[C@@H](C)c3cc(N)cc(C)c3C)c2cc1C1CCC(C(=O)N(C)C[C@H](C)O)CC1. The highest BCUT2D eigenvalue weighted by molar-refractivity contribution is 5.91. The van der Waals surface area contributed by atoms with Crippen LogP contribution in [0.4, 0.5) is 11.5 Å². The number of aliphatic hydroxyl groups is 1. The van der Waals surface area contributed by atoms with Gasteiger partial charge in [-0.25, -0.2) is 9.97 Å². The molecule has 4 rings (SSSR count). The van der Waals surface area contributed by atoms with Crippen molar-refractivity contribution < 1.29 is 14.6 Å². The van der Waals surface area contributed by atoms with Crippen LogP contribution in [0.3, 0.4) is 0 Å². The number of nitrogens with two attached hydrogens (primary N) is 1. The fourth-order valence-electron chi connectivity index (χ4n) is 5.99. The van der Waals surface area contributed by atoms with Crippen molar-refractivity contribution in [3.8, 4) is 5.75 Å². The average molecular weight is 534 g/mol. The van der Waals surface area contributed by atoms with Gasteiger partial charge in [0.15, 0.2) is 0 Å². The molecule has 2 aromatic carbocycles. The fourth-order valence-corrected chi connectivity index (χ4v) is 5.99. The molecule has 3 aromatic rings. The lowest BCUT2D eigenvalue weighted by Gasteiger charge is -2.32. The minimum atomic E-state index is -0.527. The van der Waals surface area contributed by atoms with E-state index in [0.29, 0.717) is 12.4 Å². The number of ether oxygens (including phenoxy) is 1. The van der Waals surface area contributed by atoms with Gasteiger partial charge >= 0.3 is 0 Å². The monoisotopic (exact) mass is 533 g/mol. The number of carbonyl (C=O) groups is 1. The molecule has 1 aliphatic rings. The molecule has 1 fully saturated rings. The molecule has 2 atom stereocenters. The van der Waals surface area contributed by atoms with Crippen LogP contribution in [0.2, 0.25) is 0 Å². The van der Waals surface area contributed by atoms with Crippen LogP contribution in [0, 0.1) is 26.7 Å². The second kappa shape index (κ2) is 11.8. The van der Waals surface area contributed by atoms with E-state index in [4.69, 9.17) is 20.4 Å². The highest BCUT2D eigenvalue weighted by Gasteiger charge is 2.31. The summed E-state index contributed by atoms with van der Waals surface area (Å²) in [6.45, 7) is 10.3. The van der Waals surface area contributed by atoms with Crippen molar-refractivity contribution in [1.29, 1.82) is 0 Å². The topological polar surface area (TPSA) is 114 Å². The summed E-state index contributed by atoms with van der Waals surface area (Å²) in [6, 6.07) is 8.21. The number of methoxy groups -OCH3 is 1. The number of nitrogens with zero attached hydrogens (tertiary/aromatic N) is 3. The number of fused-ring (bicyclic) bond motifs is 1. The Morgan fingerprint density at radius 3 is 2.46 bits per heavy atom. The first-order valence-corrected chi connectivity index (χ1v) is 13.9. The molecule has 1 heterocycles. The number of rotatable bonds is 8. The summed E-state index contributed by atoms with van der Waals surface area (Å²) in [5, 5.41) is 14.3. The molecular weight excluding hydrogens is 490 g/mol. The van der Waals surface area contributed by atoms with Crippen LogP contribution >= 0.6 is 0 Å². The summed E-state index contributed by atoms with van der Waals surface area (Å²) in [6.07, 6.45) is 2.90. The van der Waals surface area contributed by atoms with Crippen LogP contribution in [-0.2, 0) is 4.79 Å². The normalized spacial score (nSPS) is 19.0. The average Bonchev–Trinajstić information content (AvgIpc) is 2.89. The molecule has 8 heteroatoms. The Morgan fingerprint density at radius 1 is 1.13 bits per heavy atom. The number of nitrogen functional groups attached to an aromatic ring is 1. The number of carbonyl (C=O) groups excluding carboxylic acids is 1. The van der Waals surface area contributed by atoms with Crippen molar-refractivity contribution in [2.45, 2.75) is 78.4 Å². The van der Waals surface area contributed by atoms with Crippen LogP contribution in [-0.4, -0.2) is 52.7 Å². The summed E-state index contributed by atoms with van der Waals surface area (Å²) < 4.78 is 5.84. The third-order valence-electron chi connectivity index (χ3n) is 8.14. The molecule has 0 radical (unpaired) electrons. The number of hydrogen-bond donors (Lipinski definition) is 3. The van der Waals surface area contributed by atoms with E-state index in [0.717, 1.165) is 65.0 Å². The summed E-state index contributed by atoms with van der Waals surface area (Å²) in [7, 11) is 3.47. The standard InChI is InChI=1S/C31H43N5O3/c1-17-12-24(32)13-25(19(17)3)20(4)33-30-27-14-26(29(39-7)15-28(27)34-21(5)35-30)22-8-10-23(11-9-22)31(38)36(6)16-18(2)37/h12-15,18,20,22-23,37H,8-11,16,32H2,1-7H3,(H,33,34,35)/t18-,20-,22?,23?/m0/s1. The number of nitrogens with one attached hydrogen (secondary N) is 1. The Balaban J connectivity index is 1.62. The molecule has 0 bridgehead atoms. The van der Waals surface area contributed by atoms with E-state index >= 15 is 0 Å². The predicted octanol–water partition coefficient (Wildman–Crippen LogP) is 5.43. The van der Waals surface area contributed by atoms with Crippen molar-refractivity contribution in [3.63, 3.8) is 0 Å². The minimum Gasteiger partial charge on any atom is -0.496 e. The third kappa shape index (κ3) is 6.27. The zero-order valence-electron chi connectivity index (χ0n) is 24.3. The van der Waals surface area contributed by atoms with Gasteiger partial charge in [0.05, 0.1) is 24.8 Å². The van der Waals surface area contributed by atoms with E-state index in [9.17, 15) is 9.90 Å². The number of likely N-dealkylation sites (N-methyl/N-ethyl adjacent to an activating group) is 1. The largest absolute Gasteiger partial charge is 0.496 e. The van der Waals surface area contributed by atoms with Gasteiger partial charge in [0.1, 0.15) is 17.4 Å². The van der Waals surface area contributed by atoms with Gasteiger partial charge in [-0.15, -0.1) is 0 Å². The number of amides is 1. The maximum Gasteiger partial charge on any atom is 0.225 e. The second-order valence-electron chi connectivity index (χ2n) is 11.3. The van der Waals surface area contributed by atoms with E-state index in [1.165, 1.54) is 11.1 Å². The van der Waals surface area contributed by atoms with Crippen LogP contribution < -0.4 is 15.8 Å². The molecule has 8 nitrogen and oxygen atoms in total. The molecule has 1 saturated carbocycles. The molecule has 0 saturated heterocycles. The van der Waals surface area contributed by atoms with E-state index in [-0.39, 0.29) is 23.8 Å². The van der Waals surface area contributed by atoms with Gasteiger partial charge in [-0.1, -0.05) is 0 Å². The summed E-state index contributed by atoms with van der Waals surface area (Å²) >= 11 is 0. The first kappa shape index (κ1) is 28.6. The van der Waals surface area contributed by atoms with E-state index in [1.807, 2.05) is 25.1 Å². The van der Waals surface area contributed by atoms with E-state index < -0.39 is 6.10 Å². The summed E-state index contributed by atoms with van der Waals surface area (Å²) in [5.74, 6) is 2.69. The van der Waals surface area contributed by atoms with Crippen molar-refractivity contribution in [1.82, 2.24) is 14.9 Å². The van der Waals surface area contributed by atoms with E-state index in [2.05, 4.69) is 32.2 Å². The van der Waals surface area contributed by atoms with Gasteiger partial charge in [-0.2, -0.15) is 0 Å². The maximum atomic E-state index is 12.9. The van der Waals surface area contributed by atoms with Gasteiger partial charge < -0.3 is 25.8 Å². The first-order chi connectivity index (χ1) is 18.5. The molecule has 0 unspecified atom stereocenters. The minimum absolute atomic E-state index is 0.00432. The number of hydrogen-bond acceptors (Lipinski definition) is 7. The number of aromatic nitrogens is 2. The Morgan fingerprint density at radius 2 is 1.82 bits per heavy atom. The Hall–Kier alpha value is -3.39. The lowest BCUT2D eigenvalue weighted by atomic mass is 9.77. The smallest absolute Gasteiger partial charge is 0.225 e. The molecule has 39 heavy (non-hydrogen) atoms. The van der Waals surface area contributed by atoms with Crippen LogP contribution in [0.1, 0.15) is 79.6 Å². The number of aryl methyl sites for hydroxylation is 2. The number of anilines is 2. The molecule has 210 valence electrons. The van der Waals surface area contributed by atoms with Gasteiger partial charge in [0, 0.05) is 36.7 Å². The van der Waals surface area contributed by atoms with Crippen molar-refractivity contribution in [3.05, 3.63) is 52.3 Å². The van der Waals surface area contributed by atoms with Crippen LogP contribution in [0.15, 0.2) is 24.3 Å². The lowest BCUT2D eigenvalue weighted by Crippen LogP contribution is -2.38. The Labute approximate surface area is 232 Å². The van der Waals surface area contributed by atoms with Crippen molar-refractivity contribution >= 4 is 28.3 Å². The first-order valence-electron chi connectivity index (χ1n) is 13.9. The van der Waals surface area contributed by atoms with Gasteiger partial charge in [0.25, 0.3) is 0 Å². The third-order valence-corrected chi connectivity index (χ3v) is 8.14. The molecule has 1 aromatic heterocycles. The molecular formula is C31H43N5O3. The fraction of sp³-hybridized carbons (Fsp3) is 0.516. The van der Waals surface area contributed by atoms with Gasteiger partial charge in [-0.05, 0) is 107 Å². The molecule has 0 spiro atoms. The van der Waals surface area contributed by atoms with Crippen molar-refractivity contribution in [2.24, 2.45) is 5.92 Å². The highest BCUT2D eigenvalue weighted by atomic mass is 16.5. The number of benzene rings is 2. The molecule has 1 aliphatic carbocycles. The zero-order valence-corrected chi connectivity index (χ0v) is 24.3. The summed E-state index contributed by atoms with van der Waals surface area (Å²) in [4.78, 5) is 24.1. The Bertz CT molecular complexity index is 1350. The lowest BCUT2D eigenvalue weighted by molar-refractivity contribution is -0.136. The quantitative estimate of drug-likeness (QED) is 0.331. The predicted molar refractivity (Wildman–Crippen MR) is 157 cm³/mol. The molecule has 0 aliphatic heterocycles. The van der Waals surface area contributed by atoms with E-state index in [1.54, 1.807) is 26.0 Å². The van der Waals surface area contributed by atoms with Gasteiger partial charge in [0.2, 0.25) is 5.91 Å². The second-order valence-corrected chi connectivity index (χ2v) is 11.3. The van der Waals surface area contributed by atoms with Crippen LogP contribution in [0.25, 0.3) is 10.9 Å². The molecule has 4 N–H and O–H groups in total. The van der Waals surface area contributed by atoms with Gasteiger partial charge in [-0.3, -0.25) is 4.79 Å². The zero-order chi connectivity index (χ0) is 28.4.